The number of rotatable bonds is 16. The van der Waals surface area contributed by atoms with Crippen molar-refractivity contribution in [1.82, 2.24) is 19.3 Å². The molecule has 15 nitrogen and oxygen atoms in total. The van der Waals surface area contributed by atoms with Gasteiger partial charge in [0.05, 0.1) is 12.3 Å². The van der Waals surface area contributed by atoms with Gasteiger partial charge in [0, 0.05) is 13.0 Å². The van der Waals surface area contributed by atoms with Gasteiger partial charge in [0.2, 0.25) is 11.5 Å². The number of amides is 1. The molecular weight excluding hydrogens is 667 g/mol. The largest absolute Gasteiger partial charge is 0.480 e. The Labute approximate surface area is 291 Å². The molecule has 3 aromatic rings. The number of carbonyl (C=O) groups excluding carboxylic acids is 1. The van der Waals surface area contributed by atoms with Crippen molar-refractivity contribution < 1.29 is 42.5 Å². The van der Waals surface area contributed by atoms with E-state index in [0.717, 1.165) is 0 Å². The van der Waals surface area contributed by atoms with Gasteiger partial charge < -0.3 is 29.2 Å². The summed E-state index contributed by atoms with van der Waals surface area (Å²) in [4.78, 5) is 29.0. The van der Waals surface area contributed by atoms with Crippen LogP contribution in [0.1, 0.15) is 72.9 Å². The van der Waals surface area contributed by atoms with Crippen molar-refractivity contribution in [2.24, 2.45) is 5.92 Å². The van der Waals surface area contributed by atoms with Gasteiger partial charge >= 0.3 is 13.7 Å². The highest BCUT2D eigenvalue weighted by Crippen LogP contribution is 2.56. The van der Waals surface area contributed by atoms with Crippen LogP contribution in [0.25, 0.3) is 5.52 Å². The molecule has 2 aliphatic heterocycles. The number of fused-ring (bicyclic) bond motifs is 2. The van der Waals surface area contributed by atoms with Gasteiger partial charge in [0.15, 0.2) is 11.6 Å². The lowest BCUT2D eigenvalue weighted by Crippen LogP contribution is -2.42. The number of hydrogen-bond acceptors (Lipinski definition) is 11. The van der Waals surface area contributed by atoms with Crippen LogP contribution in [0.15, 0.2) is 48.8 Å². The molecular formula is C34H45N6O9P. The molecule has 4 heterocycles. The molecule has 0 aliphatic carbocycles. The van der Waals surface area contributed by atoms with Crippen LogP contribution < -0.4 is 9.84 Å². The summed E-state index contributed by atoms with van der Waals surface area (Å²) in [6.07, 6.45) is 0.748. The number of anilines is 1. The third-order valence-electron chi connectivity index (χ3n) is 9.05. The van der Waals surface area contributed by atoms with Gasteiger partial charge in [-0.15, -0.1) is 0 Å². The highest BCUT2D eigenvalue weighted by Gasteiger charge is 2.65. The highest BCUT2D eigenvalue weighted by atomic mass is 31.2. The van der Waals surface area contributed by atoms with Crippen LogP contribution in [0.2, 0.25) is 0 Å². The van der Waals surface area contributed by atoms with Crippen molar-refractivity contribution in [2.45, 2.75) is 103 Å². The third-order valence-corrected chi connectivity index (χ3v) is 11.1. The first-order chi connectivity index (χ1) is 23.8. The molecule has 2 unspecified atom stereocenters. The minimum atomic E-state index is -4.41. The second kappa shape index (κ2) is 15.1. The summed E-state index contributed by atoms with van der Waals surface area (Å²) in [5, 5.41) is 28.1. The van der Waals surface area contributed by atoms with Gasteiger partial charge in [-0.25, -0.2) is 14.1 Å². The van der Waals surface area contributed by atoms with Gasteiger partial charge in [0.1, 0.15) is 48.0 Å². The number of carboxylic acid groups (broad SMARTS) is 1. The van der Waals surface area contributed by atoms with Crippen LogP contribution >= 0.6 is 7.75 Å². The number of nitriles is 1. The zero-order valence-electron chi connectivity index (χ0n) is 29.1. The zero-order valence-corrected chi connectivity index (χ0v) is 30.0. The standard InChI is InChI=1S/C34H45N6O9P/c1-7-13-28(41)38-31-25-16-17-27(40(25)37-21-36-31)34(20-35)30-29(47-33(5,6)48-30)26(46-34)19-45-50(44,49-24-14-11-10-12-15-24)39(22(4)32(42)43)18-23(8-2)9-3/h10-12,14-17,21-23,26,29-30H,7-9,13,18-19H2,1-6H3,(H,42,43)(H,36,37,38,41)/t22?,26-,29-,30-,34+,50?/m1/s1. The number of para-hydroxylation sites is 1. The van der Waals surface area contributed by atoms with Crippen LogP contribution in [0.3, 0.4) is 0 Å². The van der Waals surface area contributed by atoms with E-state index in [9.17, 15) is 24.5 Å². The van der Waals surface area contributed by atoms with Crippen molar-refractivity contribution in [3.8, 4) is 11.8 Å². The summed E-state index contributed by atoms with van der Waals surface area (Å²) in [6, 6.07) is 12.8. The van der Waals surface area contributed by atoms with E-state index in [1.165, 1.54) is 22.4 Å². The molecule has 270 valence electrons. The Morgan fingerprint density at radius 2 is 1.86 bits per heavy atom. The lowest BCUT2D eigenvalue weighted by Gasteiger charge is -2.35. The monoisotopic (exact) mass is 712 g/mol. The number of carboxylic acids is 1. The molecule has 0 spiro atoms. The summed E-state index contributed by atoms with van der Waals surface area (Å²) in [6.45, 7) is 10.4. The summed E-state index contributed by atoms with van der Waals surface area (Å²) in [7, 11) is -4.41. The average Bonchev–Trinajstić information content (AvgIpc) is 3.75. The normalized spacial score (nSPS) is 24.5. The Bertz CT molecular complexity index is 1760. The molecule has 0 bridgehead atoms. The first-order valence-corrected chi connectivity index (χ1v) is 18.4. The molecule has 16 heteroatoms. The van der Waals surface area contributed by atoms with Crippen molar-refractivity contribution in [3.05, 3.63) is 54.5 Å². The van der Waals surface area contributed by atoms with E-state index in [-0.39, 0.29) is 29.9 Å². The fraction of sp³-hybridized carbons (Fsp3) is 0.559. The van der Waals surface area contributed by atoms with Crippen molar-refractivity contribution in [1.29, 1.82) is 5.26 Å². The smallest absolute Gasteiger partial charge is 0.462 e. The van der Waals surface area contributed by atoms with Gasteiger partial charge in [-0.05, 0) is 57.4 Å². The van der Waals surface area contributed by atoms with Gasteiger partial charge in [-0.1, -0.05) is 51.8 Å². The predicted octanol–water partition coefficient (Wildman–Crippen LogP) is 5.52. The molecule has 6 atom stereocenters. The Hall–Kier alpha value is -3.90. The lowest BCUT2D eigenvalue weighted by atomic mass is 9.92. The van der Waals surface area contributed by atoms with Crippen LogP contribution in [-0.2, 0) is 38.5 Å². The minimum Gasteiger partial charge on any atom is -0.480 e. The maximum atomic E-state index is 14.9. The van der Waals surface area contributed by atoms with E-state index in [0.29, 0.717) is 36.9 Å². The molecule has 2 saturated heterocycles. The molecule has 0 radical (unpaired) electrons. The zero-order chi connectivity index (χ0) is 36.3. The van der Waals surface area contributed by atoms with Crippen molar-refractivity contribution >= 4 is 31.0 Å². The Morgan fingerprint density at radius 1 is 1.14 bits per heavy atom. The van der Waals surface area contributed by atoms with Crippen LogP contribution in [0, 0.1) is 17.2 Å². The fourth-order valence-electron chi connectivity index (χ4n) is 6.31. The maximum absolute atomic E-state index is 14.9. The molecule has 1 amide bonds. The number of nitrogens with one attached hydrogen (secondary N) is 1. The van der Waals surface area contributed by atoms with Gasteiger partial charge in [-0.3, -0.25) is 14.1 Å². The summed E-state index contributed by atoms with van der Waals surface area (Å²) in [5.74, 6) is -2.06. The van der Waals surface area contributed by atoms with E-state index in [1.807, 2.05) is 20.8 Å². The van der Waals surface area contributed by atoms with E-state index < -0.39 is 56.1 Å². The summed E-state index contributed by atoms with van der Waals surface area (Å²) >= 11 is 0. The first-order valence-electron chi connectivity index (χ1n) is 16.9. The van der Waals surface area contributed by atoms with Crippen LogP contribution in [0.4, 0.5) is 5.82 Å². The topological polar surface area (TPSA) is 187 Å². The van der Waals surface area contributed by atoms with Gasteiger partial charge in [-0.2, -0.15) is 15.0 Å². The lowest BCUT2D eigenvalue weighted by molar-refractivity contribution is -0.204. The molecule has 2 aromatic heterocycles. The second-order valence-corrected chi connectivity index (χ2v) is 14.8. The van der Waals surface area contributed by atoms with E-state index >= 15 is 0 Å². The SMILES string of the molecule is CCCC(=O)Nc1ncnn2c([C@]3(C#N)O[C@H](COP(=O)(Oc4ccccc4)N(CC(CC)CC)C(C)C(=O)O)[C@H]4OC(C)(C)O[C@H]43)ccc12. The number of nitrogens with zero attached hydrogens (tertiary/aromatic N) is 5. The highest BCUT2D eigenvalue weighted by molar-refractivity contribution is 7.51. The number of aliphatic carboxylic acids is 1. The molecule has 5 rings (SSSR count). The van der Waals surface area contributed by atoms with Crippen molar-refractivity contribution in [2.75, 3.05) is 18.5 Å². The summed E-state index contributed by atoms with van der Waals surface area (Å²) in [5.41, 5.74) is -1.08. The van der Waals surface area contributed by atoms with Crippen LogP contribution in [0.5, 0.6) is 5.75 Å². The number of carbonyl (C=O) groups is 2. The first kappa shape index (κ1) is 37.4. The van der Waals surface area contributed by atoms with E-state index in [2.05, 4.69) is 21.5 Å². The predicted molar refractivity (Wildman–Crippen MR) is 181 cm³/mol. The average molecular weight is 713 g/mol. The molecule has 2 aliphatic rings. The third kappa shape index (κ3) is 7.42. The molecule has 0 saturated carbocycles. The maximum Gasteiger partial charge on any atom is 0.462 e. The quantitative estimate of drug-likeness (QED) is 0.177. The molecule has 2 N–H and O–H groups in total. The van der Waals surface area contributed by atoms with Gasteiger partial charge in [0.25, 0.3) is 0 Å². The minimum absolute atomic E-state index is 0.0000892. The molecule has 50 heavy (non-hydrogen) atoms. The fourth-order valence-corrected chi connectivity index (χ4v) is 8.29. The Kier molecular flexibility index (Phi) is 11.3. The number of hydrogen-bond donors (Lipinski definition) is 2. The van der Waals surface area contributed by atoms with E-state index in [4.69, 9.17) is 23.3 Å². The Balaban J connectivity index is 1.52. The second-order valence-electron chi connectivity index (χ2n) is 12.9. The molecule has 2 fully saturated rings. The van der Waals surface area contributed by atoms with Crippen LogP contribution in [-0.4, -0.2) is 79.5 Å². The number of aromatic nitrogens is 3. The Morgan fingerprint density at radius 3 is 2.50 bits per heavy atom. The number of ether oxygens (including phenoxy) is 3. The van der Waals surface area contributed by atoms with E-state index in [1.54, 1.807) is 56.3 Å². The summed E-state index contributed by atoms with van der Waals surface area (Å²) < 4.78 is 49.0. The number of benzene rings is 1. The molecule has 1 aromatic carbocycles. The van der Waals surface area contributed by atoms with Crippen molar-refractivity contribution in [3.63, 3.8) is 0 Å².